The van der Waals surface area contributed by atoms with Crippen molar-refractivity contribution >= 4 is 13.1 Å². The van der Waals surface area contributed by atoms with Crippen molar-refractivity contribution in [2.75, 3.05) is 0 Å². The van der Waals surface area contributed by atoms with Gasteiger partial charge in [0.1, 0.15) is 0 Å². The van der Waals surface area contributed by atoms with E-state index in [0.717, 1.165) is 5.56 Å². The fourth-order valence-corrected chi connectivity index (χ4v) is 3.34. The van der Waals surface area contributed by atoms with Crippen molar-refractivity contribution in [2.24, 2.45) is 0 Å². The van der Waals surface area contributed by atoms with Crippen LogP contribution in [-0.2, 0) is 24.9 Å². The number of aliphatic carboxylic acids is 1. The second kappa shape index (κ2) is 7.18. The van der Waals surface area contributed by atoms with E-state index < -0.39 is 24.3 Å². The van der Waals surface area contributed by atoms with Gasteiger partial charge < -0.3 is 14.4 Å². The van der Waals surface area contributed by atoms with Gasteiger partial charge in [-0.15, -0.1) is 0 Å². The first kappa shape index (κ1) is 23.0. The lowest BCUT2D eigenvalue weighted by molar-refractivity contribution is -0.137. The molecule has 1 heterocycles. The van der Waals surface area contributed by atoms with Crippen LogP contribution < -0.4 is 0 Å². The molecule has 1 saturated heterocycles. The maximum Gasteiger partial charge on any atom is 0.466 e. The predicted octanol–water partition coefficient (Wildman–Crippen LogP) is 5.47. The predicted molar refractivity (Wildman–Crippen MR) is 115 cm³/mol. The third-order valence-electron chi connectivity index (χ3n) is 6.11. The minimum Gasteiger partial charge on any atom is -0.481 e. The molecule has 1 N–H and O–H groups in total. The van der Waals surface area contributed by atoms with Gasteiger partial charge >= 0.3 is 13.1 Å². The summed E-state index contributed by atoms with van der Waals surface area (Å²) in [5.41, 5.74) is 2.28. The van der Waals surface area contributed by atoms with Crippen molar-refractivity contribution < 1.29 is 19.2 Å². The van der Waals surface area contributed by atoms with Gasteiger partial charge in [-0.25, -0.2) is 0 Å². The number of carboxylic acid groups (broad SMARTS) is 1. The van der Waals surface area contributed by atoms with E-state index in [2.05, 4.69) is 59.7 Å². The van der Waals surface area contributed by atoms with Gasteiger partial charge in [0.05, 0.1) is 17.6 Å². The minimum atomic E-state index is -0.849. The summed E-state index contributed by atoms with van der Waals surface area (Å²) in [6.07, 6.45) is -0.0337. The topological polar surface area (TPSA) is 55.8 Å². The highest BCUT2D eigenvalue weighted by atomic mass is 16.7. The summed E-state index contributed by atoms with van der Waals surface area (Å²) in [7, 11) is -0.593. The average molecular weight is 388 g/mol. The first-order valence-corrected chi connectivity index (χ1v) is 10.2. The molecule has 156 valence electrons. The SMILES string of the molecule is CC(C)(C)c1cc(C(CC(=O)O)B2OC(C)(C)C(C)(C)O2)cc(C(C)(C)C)c1. The number of rotatable bonds is 4. The Kier molecular flexibility index (Phi) is 5.88. The van der Waals surface area contributed by atoms with E-state index in [0.29, 0.717) is 0 Å². The largest absolute Gasteiger partial charge is 0.481 e. The number of hydrogen-bond donors (Lipinski definition) is 1. The van der Waals surface area contributed by atoms with Gasteiger partial charge in [0.15, 0.2) is 0 Å². The first-order valence-electron chi connectivity index (χ1n) is 10.2. The molecule has 4 nitrogen and oxygen atoms in total. The van der Waals surface area contributed by atoms with Crippen LogP contribution >= 0.6 is 0 Å². The van der Waals surface area contributed by atoms with E-state index in [-0.39, 0.29) is 23.1 Å². The molecule has 1 aliphatic heterocycles. The molecule has 0 bridgehead atoms. The Morgan fingerprint density at radius 2 is 1.32 bits per heavy atom. The molecule has 0 spiro atoms. The summed E-state index contributed by atoms with van der Waals surface area (Å²) >= 11 is 0. The van der Waals surface area contributed by atoms with E-state index in [1.54, 1.807) is 0 Å². The third kappa shape index (κ3) is 4.80. The van der Waals surface area contributed by atoms with Crippen molar-refractivity contribution in [1.82, 2.24) is 0 Å². The fourth-order valence-electron chi connectivity index (χ4n) is 3.34. The molecule has 0 aliphatic carbocycles. The van der Waals surface area contributed by atoms with Crippen LogP contribution in [0.25, 0.3) is 0 Å². The minimum absolute atomic E-state index is 0.0337. The molecule has 1 unspecified atom stereocenters. The molecule has 0 saturated carbocycles. The van der Waals surface area contributed by atoms with Crippen LogP contribution in [0.3, 0.4) is 0 Å². The zero-order valence-corrected chi connectivity index (χ0v) is 19.3. The Labute approximate surface area is 171 Å². The quantitative estimate of drug-likeness (QED) is 0.695. The Hall–Kier alpha value is -1.33. The maximum atomic E-state index is 11.7. The Morgan fingerprint density at radius 1 is 0.929 bits per heavy atom. The van der Waals surface area contributed by atoms with Crippen LogP contribution in [-0.4, -0.2) is 29.4 Å². The van der Waals surface area contributed by atoms with Crippen molar-refractivity contribution in [3.8, 4) is 0 Å². The zero-order chi connectivity index (χ0) is 21.7. The lowest BCUT2D eigenvalue weighted by Crippen LogP contribution is -2.41. The fraction of sp³-hybridized carbons (Fsp3) is 0.696. The molecule has 1 atom stereocenters. The summed E-state index contributed by atoms with van der Waals surface area (Å²) < 4.78 is 12.5. The lowest BCUT2D eigenvalue weighted by atomic mass is 9.64. The maximum absolute atomic E-state index is 11.7. The van der Waals surface area contributed by atoms with Gasteiger partial charge in [0.25, 0.3) is 0 Å². The summed E-state index contributed by atoms with van der Waals surface area (Å²) in [5, 5.41) is 9.61. The van der Waals surface area contributed by atoms with Crippen molar-refractivity contribution in [3.05, 3.63) is 34.9 Å². The zero-order valence-electron chi connectivity index (χ0n) is 19.3. The molecule has 1 aromatic carbocycles. The molecule has 28 heavy (non-hydrogen) atoms. The van der Waals surface area contributed by atoms with Gasteiger partial charge in [-0.3, -0.25) is 4.79 Å². The molecule has 0 radical (unpaired) electrons. The van der Waals surface area contributed by atoms with Crippen LogP contribution in [0.4, 0.5) is 0 Å². The first-order chi connectivity index (χ1) is 12.4. The Balaban J connectivity index is 2.59. The molecule has 1 aliphatic rings. The number of hydrogen-bond acceptors (Lipinski definition) is 3. The van der Waals surface area contributed by atoms with Gasteiger partial charge in [0, 0.05) is 5.82 Å². The highest BCUT2D eigenvalue weighted by molar-refractivity contribution is 6.48. The van der Waals surface area contributed by atoms with E-state index in [1.165, 1.54) is 11.1 Å². The number of carboxylic acids is 1. The Morgan fingerprint density at radius 3 is 1.64 bits per heavy atom. The van der Waals surface area contributed by atoms with Gasteiger partial charge in [0.2, 0.25) is 0 Å². The second-order valence-electron chi connectivity index (χ2n) is 11.2. The summed E-state index contributed by atoms with van der Waals surface area (Å²) in [5.74, 6) is -1.22. The molecule has 0 aromatic heterocycles. The molecule has 0 amide bonds. The number of carbonyl (C=O) groups is 1. The van der Waals surface area contributed by atoms with Gasteiger partial charge in [-0.05, 0) is 55.2 Å². The average Bonchev–Trinajstić information content (AvgIpc) is 2.70. The van der Waals surface area contributed by atoms with Gasteiger partial charge in [-0.2, -0.15) is 0 Å². The lowest BCUT2D eigenvalue weighted by Gasteiger charge is -2.32. The molecule has 2 rings (SSSR count). The summed E-state index contributed by atoms with van der Waals surface area (Å²) in [6.45, 7) is 21.1. The third-order valence-corrected chi connectivity index (χ3v) is 6.11. The smallest absolute Gasteiger partial charge is 0.466 e. The molecule has 1 fully saturated rings. The van der Waals surface area contributed by atoms with Crippen molar-refractivity contribution in [1.29, 1.82) is 0 Å². The highest BCUT2D eigenvalue weighted by Crippen LogP contribution is 2.43. The monoisotopic (exact) mass is 388 g/mol. The van der Waals surface area contributed by atoms with E-state index in [1.807, 2.05) is 27.7 Å². The van der Waals surface area contributed by atoms with Crippen LogP contribution in [0.15, 0.2) is 18.2 Å². The number of benzene rings is 1. The van der Waals surface area contributed by atoms with E-state index in [4.69, 9.17) is 9.31 Å². The highest BCUT2D eigenvalue weighted by Gasteiger charge is 2.54. The molecular weight excluding hydrogens is 351 g/mol. The van der Waals surface area contributed by atoms with Crippen LogP contribution in [0.1, 0.15) is 98.2 Å². The standard InChI is InChI=1S/C23H37BO4/c1-20(2,3)16-11-15(12-17(13-16)21(4,5)6)18(14-19(25)26)24-27-22(7,8)23(9,10)28-24/h11-13,18H,14H2,1-10H3,(H,25,26). The summed E-state index contributed by atoms with van der Waals surface area (Å²) in [4.78, 5) is 11.7. The second-order valence-corrected chi connectivity index (χ2v) is 11.2. The normalized spacial score (nSPS) is 20.3. The van der Waals surface area contributed by atoms with Gasteiger partial charge in [-0.1, -0.05) is 59.7 Å². The van der Waals surface area contributed by atoms with Crippen LogP contribution in [0.2, 0.25) is 0 Å². The summed E-state index contributed by atoms with van der Waals surface area (Å²) in [6, 6.07) is 6.51. The van der Waals surface area contributed by atoms with E-state index in [9.17, 15) is 9.90 Å². The molecule has 1 aromatic rings. The van der Waals surface area contributed by atoms with Crippen molar-refractivity contribution in [2.45, 2.75) is 104 Å². The van der Waals surface area contributed by atoms with Crippen LogP contribution in [0.5, 0.6) is 0 Å². The molecular formula is C23H37BO4. The Bertz CT molecular complexity index is 690. The van der Waals surface area contributed by atoms with E-state index >= 15 is 0 Å². The van der Waals surface area contributed by atoms with Crippen LogP contribution in [0, 0.1) is 0 Å². The molecule has 5 heteroatoms. The van der Waals surface area contributed by atoms with Crippen molar-refractivity contribution in [3.63, 3.8) is 0 Å².